The van der Waals surface area contributed by atoms with Crippen molar-refractivity contribution in [3.05, 3.63) is 52.4 Å². The van der Waals surface area contributed by atoms with Gasteiger partial charge < -0.3 is 10.4 Å². The molecule has 0 amide bonds. The lowest BCUT2D eigenvalue weighted by atomic mass is 10.2. The van der Waals surface area contributed by atoms with E-state index in [-0.39, 0.29) is 17.1 Å². The van der Waals surface area contributed by atoms with Gasteiger partial charge in [-0.05, 0) is 30.3 Å². The molecule has 0 spiro atoms. The van der Waals surface area contributed by atoms with Gasteiger partial charge in [-0.2, -0.15) is 0 Å². The number of hydrogen-bond donors (Lipinski definition) is 2. The van der Waals surface area contributed by atoms with Gasteiger partial charge >= 0.3 is 5.97 Å². The van der Waals surface area contributed by atoms with E-state index >= 15 is 0 Å². The van der Waals surface area contributed by atoms with Gasteiger partial charge in [0.2, 0.25) is 0 Å². The molecule has 0 fully saturated rings. The second-order valence-electron chi connectivity index (χ2n) is 3.45. The number of nitrogens with one attached hydrogen (secondary N) is 1. The van der Waals surface area contributed by atoms with E-state index in [1.807, 2.05) is 0 Å². The Morgan fingerprint density at radius 2 is 2.17 bits per heavy atom. The number of carboxylic acid groups (broad SMARTS) is 1. The summed E-state index contributed by atoms with van der Waals surface area (Å²) in [5.74, 6) is -1.51. The Hall–Kier alpha value is -1.95. The molecule has 0 aliphatic heterocycles. The van der Waals surface area contributed by atoms with Crippen molar-refractivity contribution in [2.75, 3.05) is 5.32 Å². The lowest BCUT2D eigenvalue weighted by molar-refractivity contribution is 0.0697. The van der Waals surface area contributed by atoms with Crippen LogP contribution in [0.5, 0.6) is 0 Å². The zero-order valence-corrected chi connectivity index (χ0v) is 10.6. The quantitative estimate of drug-likeness (QED) is 0.911. The molecule has 0 atom stereocenters. The monoisotopic (exact) mass is 310 g/mol. The Labute approximate surface area is 111 Å². The van der Waals surface area contributed by atoms with Gasteiger partial charge in [0.1, 0.15) is 17.2 Å². The summed E-state index contributed by atoms with van der Waals surface area (Å²) in [4.78, 5) is 14.9. The summed E-state index contributed by atoms with van der Waals surface area (Å²) in [6.07, 6.45) is 1.44. The van der Waals surface area contributed by atoms with Gasteiger partial charge in [-0.1, -0.05) is 15.9 Å². The molecule has 1 aromatic heterocycles. The van der Waals surface area contributed by atoms with E-state index in [0.717, 1.165) is 0 Å². The highest BCUT2D eigenvalue weighted by Crippen LogP contribution is 2.23. The topological polar surface area (TPSA) is 62.2 Å². The summed E-state index contributed by atoms with van der Waals surface area (Å²) in [5.41, 5.74) is 0.152. The van der Waals surface area contributed by atoms with Gasteiger partial charge in [-0.25, -0.2) is 14.2 Å². The van der Waals surface area contributed by atoms with Crippen molar-refractivity contribution >= 4 is 33.4 Å². The Bertz CT molecular complexity index is 604. The molecule has 0 radical (unpaired) electrons. The molecule has 0 saturated heterocycles. The summed E-state index contributed by atoms with van der Waals surface area (Å²) < 4.78 is 14.2. The van der Waals surface area contributed by atoms with Crippen molar-refractivity contribution in [1.29, 1.82) is 0 Å². The van der Waals surface area contributed by atoms with Crippen LogP contribution in [0.15, 0.2) is 41.0 Å². The third-order valence-corrected chi connectivity index (χ3v) is 2.72. The van der Waals surface area contributed by atoms with Gasteiger partial charge in [0, 0.05) is 10.7 Å². The first kappa shape index (κ1) is 12.5. The van der Waals surface area contributed by atoms with Crippen LogP contribution in [0.1, 0.15) is 10.4 Å². The molecule has 0 unspecified atom stereocenters. The lowest BCUT2D eigenvalue weighted by Crippen LogP contribution is -2.05. The number of hydrogen-bond acceptors (Lipinski definition) is 3. The van der Waals surface area contributed by atoms with Crippen molar-refractivity contribution in [1.82, 2.24) is 4.98 Å². The van der Waals surface area contributed by atoms with E-state index in [0.29, 0.717) is 4.47 Å². The molecular weight excluding hydrogens is 303 g/mol. The van der Waals surface area contributed by atoms with Crippen LogP contribution in [0.4, 0.5) is 15.9 Å². The minimum Gasteiger partial charge on any atom is -0.478 e. The Kier molecular flexibility index (Phi) is 3.57. The van der Waals surface area contributed by atoms with Crippen LogP contribution in [0.2, 0.25) is 0 Å². The molecule has 2 rings (SSSR count). The van der Waals surface area contributed by atoms with E-state index in [1.54, 1.807) is 6.07 Å². The van der Waals surface area contributed by atoms with Crippen LogP contribution in [0.3, 0.4) is 0 Å². The number of halogens is 2. The second-order valence-corrected chi connectivity index (χ2v) is 4.37. The fourth-order valence-electron chi connectivity index (χ4n) is 1.40. The lowest BCUT2D eigenvalue weighted by Gasteiger charge is -2.09. The predicted molar refractivity (Wildman–Crippen MR) is 68.6 cm³/mol. The van der Waals surface area contributed by atoms with Gasteiger partial charge in [0.25, 0.3) is 0 Å². The van der Waals surface area contributed by atoms with Crippen molar-refractivity contribution in [3.63, 3.8) is 0 Å². The van der Waals surface area contributed by atoms with Gasteiger partial charge in [0.05, 0.1) is 5.69 Å². The number of aromatic carboxylic acids is 1. The standard InChI is InChI=1S/C12H8BrFN2O2/c13-7-3-4-10(9(14)6-7)16-11-8(12(17)18)2-1-5-15-11/h1-6H,(H,15,16)(H,17,18). The van der Waals surface area contributed by atoms with E-state index in [9.17, 15) is 9.18 Å². The smallest absolute Gasteiger partial charge is 0.339 e. The second kappa shape index (κ2) is 5.14. The maximum absolute atomic E-state index is 13.6. The normalized spacial score (nSPS) is 10.1. The first-order valence-corrected chi connectivity index (χ1v) is 5.77. The Morgan fingerprint density at radius 3 is 2.83 bits per heavy atom. The molecule has 4 nitrogen and oxygen atoms in total. The molecule has 6 heteroatoms. The highest BCUT2D eigenvalue weighted by atomic mass is 79.9. The van der Waals surface area contributed by atoms with Crippen LogP contribution >= 0.6 is 15.9 Å². The minimum atomic E-state index is -1.12. The van der Waals surface area contributed by atoms with Crippen LogP contribution in [-0.4, -0.2) is 16.1 Å². The molecule has 1 aromatic carbocycles. The van der Waals surface area contributed by atoms with E-state index in [4.69, 9.17) is 5.11 Å². The molecular formula is C12H8BrFN2O2. The average Bonchev–Trinajstić information content (AvgIpc) is 2.33. The van der Waals surface area contributed by atoms with E-state index < -0.39 is 11.8 Å². The average molecular weight is 311 g/mol. The van der Waals surface area contributed by atoms with Gasteiger partial charge in [-0.3, -0.25) is 0 Å². The van der Waals surface area contributed by atoms with E-state index in [2.05, 4.69) is 26.2 Å². The number of carboxylic acids is 1. The molecule has 18 heavy (non-hydrogen) atoms. The number of carbonyl (C=O) groups is 1. The fourth-order valence-corrected chi connectivity index (χ4v) is 1.73. The fraction of sp³-hybridized carbons (Fsp3) is 0. The molecule has 92 valence electrons. The zero-order valence-electron chi connectivity index (χ0n) is 9.02. The highest BCUT2D eigenvalue weighted by Gasteiger charge is 2.12. The van der Waals surface area contributed by atoms with Crippen molar-refractivity contribution in [3.8, 4) is 0 Å². The maximum Gasteiger partial charge on any atom is 0.339 e. The predicted octanol–water partition coefficient (Wildman–Crippen LogP) is 3.43. The first-order chi connectivity index (χ1) is 8.58. The third-order valence-electron chi connectivity index (χ3n) is 2.22. The minimum absolute atomic E-state index is 0.0141. The summed E-state index contributed by atoms with van der Waals surface area (Å²) >= 11 is 3.14. The number of aromatic nitrogens is 1. The molecule has 2 N–H and O–H groups in total. The molecule has 0 bridgehead atoms. The number of rotatable bonds is 3. The molecule has 1 heterocycles. The zero-order chi connectivity index (χ0) is 13.1. The highest BCUT2D eigenvalue weighted by molar-refractivity contribution is 9.10. The largest absolute Gasteiger partial charge is 0.478 e. The molecule has 0 saturated carbocycles. The Morgan fingerprint density at radius 1 is 1.39 bits per heavy atom. The van der Waals surface area contributed by atoms with Crippen molar-refractivity contribution in [2.45, 2.75) is 0 Å². The van der Waals surface area contributed by atoms with Crippen molar-refractivity contribution < 1.29 is 14.3 Å². The molecule has 0 aliphatic rings. The third kappa shape index (κ3) is 2.65. The van der Waals surface area contributed by atoms with Crippen LogP contribution < -0.4 is 5.32 Å². The van der Waals surface area contributed by atoms with Crippen LogP contribution in [0, 0.1) is 5.82 Å². The van der Waals surface area contributed by atoms with Crippen molar-refractivity contribution in [2.24, 2.45) is 0 Å². The van der Waals surface area contributed by atoms with Gasteiger partial charge in [-0.15, -0.1) is 0 Å². The van der Waals surface area contributed by atoms with E-state index in [1.165, 1.54) is 30.5 Å². The summed E-state index contributed by atoms with van der Waals surface area (Å²) in [5, 5.41) is 11.6. The SMILES string of the molecule is O=C(O)c1cccnc1Nc1ccc(Br)cc1F. The van der Waals surface area contributed by atoms with Crippen LogP contribution in [0.25, 0.3) is 0 Å². The summed E-state index contributed by atoms with van der Waals surface area (Å²) in [7, 11) is 0. The number of pyridine rings is 1. The maximum atomic E-state index is 13.6. The molecule has 0 aliphatic carbocycles. The molecule has 2 aromatic rings. The summed E-state index contributed by atoms with van der Waals surface area (Å²) in [6, 6.07) is 7.33. The Balaban J connectivity index is 2.37. The first-order valence-electron chi connectivity index (χ1n) is 4.98. The number of nitrogens with zero attached hydrogens (tertiary/aromatic N) is 1. The number of anilines is 2. The van der Waals surface area contributed by atoms with Crippen LogP contribution in [-0.2, 0) is 0 Å². The number of benzene rings is 1. The summed E-state index contributed by atoms with van der Waals surface area (Å²) in [6.45, 7) is 0. The van der Waals surface area contributed by atoms with Gasteiger partial charge in [0.15, 0.2) is 0 Å².